The van der Waals surface area contributed by atoms with Crippen molar-refractivity contribution in [2.75, 3.05) is 6.54 Å². The highest BCUT2D eigenvalue weighted by Gasteiger charge is 2.10. The molecule has 2 aromatic rings. The summed E-state index contributed by atoms with van der Waals surface area (Å²) < 4.78 is 5.45. The van der Waals surface area contributed by atoms with Crippen molar-refractivity contribution in [1.82, 2.24) is 10.3 Å². The van der Waals surface area contributed by atoms with E-state index in [1.54, 1.807) is 6.26 Å². The van der Waals surface area contributed by atoms with Gasteiger partial charge in [-0.1, -0.05) is 6.92 Å². The monoisotopic (exact) mass is 258 g/mol. The SMILES string of the molecule is CCCNC(CCc1ccncc1)Cc1ccco1. The lowest BCUT2D eigenvalue weighted by atomic mass is 10.0. The Labute approximate surface area is 115 Å². The summed E-state index contributed by atoms with van der Waals surface area (Å²) in [6, 6.07) is 8.65. The van der Waals surface area contributed by atoms with Crippen molar-refractivity contribution in [2.24, 2.45) is 0 Å². The first-order valence-electron chi connectivity index (χ1n) is 7.03. The van der Waals surface area contributed by atoms with Crippen LogP contribution in [0.4, 0.5) is 0 Å². The summed E-state index contributed by atoms with van der Waals surface area (Å²) in [5, 5.41) is 3.60. The third-order valence-electron chi connectivity index (χ3n) is 3.24. The van der Waals surface area contributed by atoms with Crippen LogP contribution in [0.2, 0.25) is 0 Å². The lowest BCUT2D eigenvalue weighted by Crippen LogP contribution is -2.32. The van der Waals surface area contributed by atoms with Crippen LogP contribution < -0.4 is 5.32 Å². The second-order valence-corrected chi connectivity index (χ2v) is 4.83. The average Bonchev–Trinajstić information content (AvgIpc) is 2.96. The van der Waals surface area contributed by atoms with Gasteiger partial charge in [-0.3, -0.25) is 4.98 Å². The number of nitrogens with one attached hydrogen (secondary N) is 1. The standard InChI is InChI=1S/C16H22N2O/c1-2-9-18-15(13-16-4-3-12-19-16)6-5-14-7-10-17-11-8-14/h3-4,7-8,10-12,15,18H,2,5-6,9,13H2,1H3. The molecule has 1 unspecified atom stereocenters. The van der Waals surface area contributed by atoms with Gasteiger partial charge >= 0.3 is 0 Å². The first-order valence-corrected chi connectivity index (χ1v) is 7.03. The molecular formula is C16H22N2O. The third kappa shape index (κ3) is 4.87. The van der Waals surface area contributed by atoms with E-state index in [9.17, 15) is 0 Å². The van der Waals surface area contributed by atoms with Gasteiger partial charge in [0.1, 0.15) is 5.76 Å². The zero-order valence-electron chi connectivity index (χ0n) is 11.5. The minimum Gasteiger partial charge on any atom is -0.469 e. The molecule has 0 saturated heterocycles. The second-order valence-electron chi connectivity index (χ2n) is 4.83. The van der Waals surface area contributed by atoms with E-state index in [0.29, 0.717) is 6.04 Å². The summed E-state index contributed by atoms with van der Waals surface area (Å²) in [4.78, 5) is 4.05. The van der Waals surface area contributed by atoms with Crippen molar-refractivity contribution in [3.63, 3.8) is 0 Å². The van der Waals surface area contributed by atoms with Crippen molar-refractivity contribution in [3.8, 4) is 0 Å². The highest BCUT2D eigenvalue weighted by molar-refractivity contribution is 5.10. The van der Waals surface area contributed by atoms with Crippen LogP contribution in [0.1, 0.15) is 31.1 Å². The Balaban J connectivity index is 1.86. The highest BCUT2D eigenvalue weighted by atomic mass is 16.3. The van der Waals surface area contributed by atoms with Crippen LogP contribution >= 0.6 is 0 Å². The number of furan rings is 1. The van der Waals surface area contributed by atoms with Crippen molar-refractivity contribution in [2.45, 2.75) is 38.6 Å². The van der Waals surface area contributed by atoms with Gasteiger partial charge in [-0.15, -0.1) is 0 Å². The van der Waals surface area contributed by atoms with E-state index in [1.165, 1.54) is 5.56 Å². The van der Waals surface area contributed by atoms with Gasteiger partial charge in [0.15, 0.2) is 0 Å². The molecule has 0 bridgehead atoms. The minimum absolute atomic E-state index is 0.472. The van der Waals surface area contributed by atoms with Gasteiger partial charge in [-0.2, -0.15) is 0 Å². The van der Waals surface area contributed by atoms with Crippen molar-refractivity contribution in [1.29, 1.82) is 0 Å². The van der Waals surface area contributed by atoms with Crippen molar-refractivity contribution in [3.05, 3.63) is 54.2 Å². The van der Waals surface area contributed by atoms with E-state index in [2.05, 4.69) is 29.4 Å². The molecule has 1 N–H and O–H groups in total. The maximum Gasteiger partial charge on any atom is 0.105 e. The summed E-state index contributed by atoms with van der Waals surface area (Å²) in [5.74, 6) is 1.06. The molecule has 2 aromatic heterocycles. The van der Waals surface area contributed by atoms with Crippen LogP contribution in [0.5, 0.6) is 0 Å². The molecule has 2 rings (SSSR count). The summed E-state index contributed by atoms with van der Waals surface area (Å²) in [7, 11) is 0. The summed E-state index contributed by atoms with van der Waals surface area (Å²) in [6.45, 7) is 3.25. The molecule has 0 aliphatic rings. The molecule has 1 atom stereocenters. The van der Waals surface area contributed by atoms with Gasteiger partial charge in [0.25, 0.3) is 0 Å². The zero-order chi connectivity index (χ0) is 13.3. The van der Waals surface area contributed by atoms with Crippen LogP contribution in [0.25, 0.3) is 0 Å². The fraction of sp³-hybridized carbons (Fsp3) is 0.438. The predicted molar refractivity (Wildman–Crippen MR) is 77.1 cm³/mol. The number of aromatic nitrogens is 1. The smallest absolute Gasteiger partial charge is 0.105 e. The molecule has 0 amide bonds. The molecule has 3 heteroatoms. The fourth-order valence-electron chi connectivity index (χ4n) is 2.19. The molecular weight excluding hydrogens is 236 g/mol. The Kier molecular flexibility index (Phi) is 5.63. The number of rotatable bonds is 8. The lowest BCUT2D eigenvalue weighted by molar-refractivity contribution is 0.424. The molecule has 0 saturated carbocycles. The van der Waals surface area contributed by atoms with Crippen LogP contribution in [0, 0.1) is 0 Å². The van der Waals surface area contributed by atoms with Crippen LogP contribution in [0.3, 0.4) is 0 Å². The molecule has 0 aliphatic carbocycles. The maximum absolute atomic E-state index is 5.45. The van der Waals surface area contributed by atoms with Crippen molar-refractivity contribution >= 4 is 0 Å². The highest BCUT2D eigenvalue weighted by Crippen LogP contribution is 2.10. The normalized spacial score (nSPS) is 12.5. The molecule has 2 heterocycles. The van der Waals surface area contributed by atoms with E-state index in [1.807, 2.05) is 24.5 Å². The molecule has 0 spiro atoms. The zero-order valence-corrected chi connectivity index (χ0v) is 11.5. The van der Waals surface area contributed by atoms with Crippen LogP contribution in [0.15, 0.2) is 47.3 Å². The first kappa shape index (κ1) is 13.8. The van der Waals surface area contributed by atoms with Gasteiger partial charge < -0.3 is 9.73 Å². The number of aryl methyl sites for hydroxylation is 1. The van der Waals surface area contributed by atoms with Gasteiger partial charge in [-0.25, -0.2) is 0 Å². The average molecular weight is 258 g/mol. The fourth-order valence-corrected chi connectivity index (χ4v) is 2.19. The Morgan fingerprint density at radius 2 is 2.11 bits per heavy atom. The van der Waals surface area contributed by atoms with Crippen LogP contribution in [-0.2, 0) is 12.8 Å². The summed E-state index contributed by atoms with van der Waals surface area (Å²) in [5.41, 5.74) is 1.35. The Morgan fingerprint density at radius 1 is 1.26 bits per heavy atom. The number of hydrogen-bond donors (Lipinski definition) is 1. The number of hydrogen-bond acceptors (Lipinski definition) is 3. The number of nitrogens with zero attached hydrogens (tertiary/aromatic N) is 1. The maximum atomic E-state index is 5.45. The Bertz CT molecular complexity index is 439. The van der Waals surface area contributed by atoms with E-state index in [4.69, 9.17) is 4.42 Å². The summed E-state index contributed by atoms with van der Waals surface area (Å²) >= 11 is 0. The predicted octanol–water partition coefficient (Wildman–Crippen LogP) is 3.22. The molecule has 19 heavy (non-hydrogen) atoms. The van der Waals surface area contributed by atoms with Gasteiger partial charge in [0.05, 0.1) is 6.26 Å². The molecule has 102 valence electrons. The van der Waals surface area contributed by atoms with Gasteiger partial charge in [0.2, 0.25) is 0 Å². The Morgan fingerprint density at radius 3 is 2.79 bits per heavy atom. The molecule has 0 radical (unpaired) electrons. The van der Waals surface area contributed by atoms with E-state index < -0.39 is 0 Å². The van der Waals surface area contributed by atoms with E-state index in [0.717, 1.165) is 38.0 Å². The number of pyridine rings is 1. The van der Waals surface area contributed by atoms with Gasteiger partial charge in [0, 0.05) is 24.9 Å². The summed E-state index contributed by atoms with van der Waals surface area (Å²) in [6.07, 6.45) is 9.76. The first-order chi connectivity index (χ1) is 9.38. The third-order valence-corrected chi connectivity index (χ3v) is 3.24. The van der Waals surface area contributed by atoms with E-state index >= 15 is 0 Å². The van der Waals surface area contributed by atoms with Crippen LogP contribution in [-0.4, -0.2) is 17.6 Å². The molecule has 0 aliphatic heterocycles. The Hall–Kier alpha value is -1.61. The minimum atomic E-state index is 0.472. The van der Waals surface area contributed by atoms with E-state index in [-0.39, 0.29) is 0 Å². The van der Waals surface area contributed by atoms with Gasteiger partial charge in [-0.05, 0) is 55.6 Å². The van der Waals surface area contributed by atoms with Crippen molar-refractivity contribution < 1.29 is 4.42 Å². The quantitative estimate of drug-likeness (QED) is 0.790. The molecule has 0 fully saturated rings. The second kappa shape index (κ2) is 7.74. The topological polar surface area (TPSA) is 38.1 Å². The molecule has 0 aromatic carbocycles. The lowest BCUT2D eigenvalue weighted by Gasteiger charge is -2.17. The largest absolute Gasteiger partial charge is 0.469 e. The molecule has 3 nitrogen and oxygen atoms in total.